The van der Waals surface area contributed by atoms with Crippen molar-refractivity contribution in [3.8, 4) is 11.5 Å². The summed E-state index contributed by atoms with van der Waals surface area (Å²) in [5.74, 6) is 1.46. The number of rotatable bonds is 9. The largest absolute Gasteiger partial charge is 0.493 e. The zero-order chi connectivity index (χ0) is 19.6. The summed E-state index contributed by atoms with van der Waals surface area (Å²) in [6.07, 6.45) is 1.52. The Morgan fingerprint density at radius 1 is 1.15 bits per heavy atom. The highest BCUT2D eigenvalue weighted by atomic mass is 16.6. The Balaban J connectivity index is 1.84. The van der Waals surface area contributed by atoms with E-state index in [9.17, 15) is 4.79 Å². The smallest absolute Gasteiger partial charge is 0.265 e. The molecule has 27 heavy (non-hydrogen) atoms. The Kier molecular flexibility index (Phi) is 7.67. The van der Waals surface area contributed by atoms with Crippen LogP contribution in [0.1, 0.15) is 25.0 Å². The van der Waals surface area contributed by atoms with Gasteiger partial charge in [0.25, 0.3) is 5.91 Å². The van der Waals surface area contributed by atoms with Gasteiger partial charge >= 0.3 is 0 Å². The zero-order valence-corrected chi connectivity index (χ0v) is 16.2. The number of carbonyl (C=O) groups excluding carboxylic acids is 1. The van der Waals surface area contributed by atoms with E-state index in [1.807, 2.05) is 43.3 Å². The fourth-order valence-electron chi connectivity index (χ4n) is 2.17. The summed E-state index contributed by atoms with van der Waals surface area (Å²) in [7, 11) is 1.59. The zero-order valence-electron chi connectivity index (χ0n) is 16.2. The summed E-state index contributed by atoms with van der Waals surface area (Å²) in [4.78, 5) is 16.9. The van der Waals surface area contributed by atoms with E-state index in [4.69, 9.17) is 14.3 Å². The molecule has 0 heterocycles. The van der Waals surface area contributed by atoms with Gasteiger partial charge < -0.3 is 19.6 Å². The first kappa shape index (κ1) is 20.3. The van der Waals surface area contributed by atoms with E-state index >= 15 is 0 Å². The topological polar surface area (TPSA) is 69.2 Å². The van der Waals surface area contributed by atoms with Crippen molar-refractivity contribution in [3.05, 3.63) is 53.6 Å². The van der Waals surface area contributed by atoms with Gasteiger partial charge in [-0.2, -0.15) is 0 Å². The van der Waals surface area contributed by atoms with Gasteiger partial charge in [-0.3, -0.25) is 4.79 Å². The van der Waals surface area contributed by atoms with Crippen molar-refractivity contribution >= 4 is 17.8 Å². The third-order valence-electron chi connectivity index (χ3n) is 3.57. The molecule has 0 fully saturated rings. The van der Waals surface area contributed by atoms with Crippen LogP contribution in [0.15, 0.2) is 47.6 Å². The summed E-state index contributed by atoms with van der Waals surface area (Å²) in [6.45, 7) is 6.60. The SMILES string of the molecule is COc1cc(/C=N\OCC(=O)Nc2ccc(C)cc2)ccc1OCC(C)C. The van der Waals surface area contributed by atoms with E-state index in [1.54, 1.807) is 13.2 Å². The fraction of sp³-hybridized carbons (Fsp3) is 0.333. The molecule has 0 aliphatic rings. The molecule has 0 unspecified atom stereocenters. The molecule has 2 aromatic carbocycles. The maximum absolute atomic E-state index is 11.8. The molecule has 0 spiro atoms. The van der Waals surface area contributed by atoms with Crippen LogP contribution in [0.25, 0.3) is 0 Å². The molecule has 6 nitrogen and oxygen atoms in total. The number of amides is 1. The van der Waals surface area contributed by atoms with Crippen molar-refractivity contribution in [2.75, 3.05) is 25.6 Å². The molecule has 2 aromatic rings. The number of hydrogen-bond acceptors (Lipinski definition) is 5. The Bertz CT molecular complexity index is 770. The lowest BCUT2D eigenvalue weighted by molar-refractivity contribution is -0.120. The molecule has 0 bridgehead atoms. The van der Waals surface area contributed by atoms with Crippen LogP contribution in [0, 0.1) is 12.8 Å². The second-order valence-electron chi connectivity index (χ2n) is 6.54. The highest BCUT2D eigenvalue weighted by Gasteiger charge is 2.06. The highest BCUT2D eigenvalue weighted by Crippen LogP contribution is 2.28. The van der Waals surface area contributed by atoms with Crippen LogP contribution in [-0.4, -0.2) is 32.4 Å². The van der Waals surface area contributed by atoms with Crippen LogP contribution in [0.5, 0.6) is 11.5 Å². The number of nitrogens with one attached hydrogen (secondary N) is 1. The Morgan fingerprint density at radius 3 is 2.56 bits per heavy atom. The molecule has 1 N–H and O–H groups in total. The molecule has 1 amide bonds. The molecule has 0 atom stereocenters. The van der Waals surface area contributed by atoms with Crippen molar-refractivity contribution in [3.63, 3.8) is 0 Å². The monoisotopic (exact) mass is 370 g/mol. The number of ether oxygens (including phenoxy) is 2. The molecule has 2 rings (SSSR count). The number of benzene rings is 2. The maximum atomic E-state index is 11.8. The molecule has 0 aliphatic carbocycles. The van der Waals surface area contributed by atoms with Crippen molar-refractivity contribution < 1.29 is 19.1 Å². The van der Waals surface area contributed by atoms with Crippen molar-refractivity contribution in [2.24, 2.45) is 11.1 Å². The molecule has 6 heteroatoms. The average molecular weight is 370 g/mol. The van der Waals surface area contributed by atoms with Gasteiger partial charge in [-0.25, -0.2) is 0 Å². The first-order valence-corrected chi connectivity index (χ1v) is 8.80. The third-order valence-corrected chi connectivity index (χ3v) is 3.57. The summed E-state index contributed by atoms with van der Waals surface area (Å²) < 4.78 is 11.1. The number of hydrogen-bond donors (Lipinski definition) is 1. The molecular weight excluding hydrogens is 344 g/mol. The van der Waals surface area contributed by atoms with E-state index in [0.29, 0.717) is 24.0 Å². The lowest BCUT2D eigenvalue weighted by Gasteiger charge is -2.12. The van der Waals surface area contributed by atoms with Gasteiger partial charge in [0, 0.05) is 11.3 Å². The second-order valence-corrected chi connectivity index (χ2v) is 6.54. The summed E-state index contributed by atoms with van der Waals surface area (Å²) in [6, 6.07) is 13.0. The van der Waals surface area contributed by atoms with E-state index in [0.717, 1.165) is 16.8 Å². The Morgan fingerprint density at radius 2 is 1.89 bits per heavy atom. The van der Waals surface area contributed by atoms with Gasteiger partial charge in [-0.15, -0.1) is 0 Å². The molecule has 0 saturated carbocycles. The van der Waals surface area contributed by atoms with Crippen LogP contribution >= 0.6 is 0 Å². The average Bonchev–Trinajstić information content (AvgIpc) is 2.65. The van der Waals surface area contributed by atoms with Gasteiger partial charge in [0.1, 0.15) is 0 Å². The second kappa shape index (κ2) is 10.2. The van der Waals surface area contributed by atoms with Crippen molar-refractivity contribution in [1.82, 2.24) is 0 Å². The maximum Gasteiger partial charge on any atom is 0.265 e. The molecule has 144 valence electrons. The minimum Gasteiger partial charge on any atom is -0.493 e. The minimum absolute atomic E-state index is 0.170. The number of carbonyl (C=O) groups is 1. The van der Waals surface area contributed by atoms with Gasteiger partial charge in [0.05, 0.1) is 19.9 Å². The van der Waals surface area contributed by atoms with Crippen molar-refractivity contribution in [2.45, 2.75) is 20.8 Å². The van der Waals surface area contributed by atoms with Crippen LogP contribution in [0.4, 0.5) is 5.69 Å². The third kappa shape index (κ3) is 7.01. The van der Waals surface area contributed by atoms with Crippen LogP contribution in [-0.2, 0) is 9.63 Å². The molecular formula is C21H26N2O4. The summed E-state index contributed by atoms with van der Waals surface area (Å²) in [5, 5.41) is 6.58. The summed E-state index contributed by atoms with van der Waals surface area (Å²) >= 11 is 0. The van der Waals surface area contributed by atoms with Gasteiger partial charge in [-0.1, -0.05) is 36.7 Å². The van der Waals surface area contributed by atoms with E-state index < -0.39 is 0 Å². The van der Waals surface area contributed by atoms with Crippen molar-refractivity contribution in [1.29, 1.82) is 0 Å². The van der Waals surface area contributed by atoms with E-state index in [-0.39, 0.29) is 12.5 Å². The van der Waals surface area contributed by atoms with Crippen LogP contribution in [0.2, 0.25) is 0 Å². The van der Waals surface area contributed by atoms with Crippen LogP contribution < -0.4 is 14.8 Å². The number of oxime groups is 1. The van der Waals surface area contributed by atoms with Gasteiger partial charge in [0.15, 0.2) is 18.1 Å². The van der Waals surface area contributed by atoms with Crippen LogP contribution in [0.3, 0.4) is 0 Å². The predicted molar refractivity (Wildman–Crippen MR) is 107 cm³/mol. The number of nitrogens with zero attached hydrogens (tertiary/aromatic N) is 1. The molecule has 0 radical (unpaired) electrons. The van der Waals surface area contributed by atoms with Gasteiger partial charge in [0.2, 0.25) is 0 Å². The Labute approximate surface area is 160 Å². The first-order chi connectivity index (χ1) is 13.0. The quantitative estimate of drug-likeness (QED) is 0.534. The number of anilines is 1. The molecule has 0 aromatic heterocycles. The molecule has 0 saturated heterocycles. The normalized spacial score (nSPS) is 10.9. The highest BCUT2D eigenvalue weighted by molar-refractivity contribution is 5.91. The van der Waals surface area contributed by atoms with E-state index in [2.05, 4.69) is 24.3 Å². The summed E-state index contributed by atoms with van der Waals surface area (Å²) in [5.41, 5.74) is 2.63. The lowest BCUT2D eigenvalue weighted by atomic mass is 10.2. The number of methoxy groups -OCH3 is 1. The lowest BCUT2D eigenvalue weighted by Crippen LogP contribution is -2.16. The van der Waals surface area contributed by atoms with E-state index in [1.165, 1.54) is 6.21 Å². The Hall–Kier alpha value is -3.02. The standard InChI is InChI=1S/C21H26N2O4/c1-15(2)13-26-19-10-7-17(11-20(19)25-4)12-22-27-14-21(24)23-18-8-5-16(3)6-9-18/h5-12,15H,13-14H2,1-4H3,(H,23,24)/b22-12-. The number of aryl methyl sites for hydroxylation is 1. The van der Waals surface area contributed by atoms with Gasteiger partial charge in [-0.05, 0) is 43.2 Å². The predicted octanol–water partition coefficient (Wildman–Crippen LogP) is 4.03. The molecule has 0 aliphatic heterocycles. The first-order valence-electron chi connectivity index (χ1n) is 8.80. The fourth-order valence-corrected chi connectivity index (χ4v) is 2.17. The minimum atomic E-state index is -0.272.